The third-order valence-corrected chi connectivity index (χ3v) is 2.85. The Kier molecular flexibility index (Phi) is 38.8. The van der Waals surface area contributed by atoms with Crippen LogP contribution in [0.15, 0.2) is 36.5 Å². The molecule has 2 nitrogen and oxygen atoms in total. The first-order valence-corrected chi connectivity index (χ1v) is 10.0. The van der Waals surface area contributed by atoms with Crippen LogP contribution in [-0.2, 0) is 45.3 Å². The van der Waals surface area contributed by atoms with E-state index < -0.39 is 0 Å². The van der Waals surface area contributed by atoms with E-state index in [1.54, 1.807) is 0 Å². The van der Waals surface area contributed by atoms with Gasteiger partial charge in [-0.25, -0.2) is 0 Å². The van der Waals surface area contributed by atoms with Crippen molar-refractivity contribution in [1.29, 1.82) is 0 Å². The molecule has 0 bridgehead atoms. The predicted molar refractivity (Wildman–Crippen MR) is 74.7 cm³/mol. The zero-order valence-corrected chi connectivity index (χ0v) is 17.4. The van der Waals surface area contributed by atoms with Crippen molar-refractivity contribution in [3.63, 3.8) is 0 Å². The quantitative estimate of drug-likeness (QED) is 0.223. The summed E-state index contributed by atoms with van der Waals surface area (Å²) in [6, 6.07) is 0. The van der Waals surface area contributed by atoms with Crippen molar-refractivity contribution >= 4 is 42.0 Å². The second-order valence-electron chi connectivity index (χ2n) is 1.96. The normalized spacial score (nSPS) is 8.44. The zero-order valence-electron chi connectivity index (χ0n) is 9.82. The Morgan fingerprint density at radius 2 is 1.11 bits per heavy atom. The van der Waals surface area contributed by atoms with Crippen molar-refractivity contribution < 1.29 is 45.3 Å². The molecule has 0 radical (unpaired) electrons. The maximum atomic E-state index is 9.20. The minimum atomic E-state index is 0.696. The van der Waals surface area contributed by atoms with Crippen molar-refractivity contribution in [2.24, 2.45) is 0 Å². The van der Waals surface area contributed by atoms with E-state index in [0.717, 1.165) is 0 Å². The van der Waals surface area contributed by atoms with E-state index in [4.69, 9.17) is 13.2 Å². The van der Waals surface area contributed by atoms with Gasteiger partial charge in [-0.2, -0.15) is 11.2 Å². The van der Waals surface area contributed by atoms with Gasteiger partial charge in [0, 0.05) is 0 Å². The zero-order chi connectivity index (χ0) is 14.5. The molecule has 0 N–H and O–H groups in total. The van der Waals surface area contributed by atoms with Crippen LogP contribution in [-0.4, -0.2) is 20.5 Å². The van der Waals surface area contributed by atoms with E-state index in [9.17, 15) is 9.59 Å². The Hall–Kier alpha value is -0.0132. The van der Waals surface area contributed by atoms with E-state index >= 15 is 0 Å². The number of allylic oxidation sites excluding steroid dienone is 6. The van der Waals surface area contributed by atoms with Crippen molar-refractivity contribution in [2.45, 2.75) is 0 Å². The van der Waals surface area contributed by atoms with Gasteiger partial charge in [0.05, 0.1) is 0 Å². The summed E-state index contributed by atoms with van der Waals surface area (Å²) in [5.41, 5.74) is 2.87. The molecule has 0 aliphatic heterocycles. The molecule has 0 unspecified atom stereocenters. The summed E-state index contributed by atoms with van der Waals surface area (Å²) in [5, 5.41) is 0. The van der Waals surface area contributed by atoms with E-state index in [1.807, 2.05) is 33.5 Å². The van der Waals surface area contributed by atoms with Crippen LogP contribution >= 0.6 is 21.6 Å². The van der Waals surface area contributed by atoms with Gasteiger partial charge in [0.1, 0.15) is 0 Å². The topological polar surface area (TPSA) is 34.1 Å². The van der Waals surface area contributed by atoms with Gasteiger partial charge in [0.2, 0.25) is 0 Å². The standard InChI is InChI=1S/2C5H5.C2O2S2.2Zn/c2*1-3-5-4-2;3-1-5-6-2-4;;/h2*1-5H;;;/q2*-1;-2;;/b2*5-3-;;;. The molecular formula is C12H10O2S2Zn2-4. The monoisotopic (exact) mass is 378 g/mol. The Morgan fingerprint density at radius 3 is 1.22 bits per heavy atom. The summed E-state index contributed by atoms with van der Waals surface area (Å²) in [7, 11) is 1.39. The molecule has 0 rings (SSSR count). The van der Waals surface area contributed by atoms with Crippen LogP contribution in [0.1, 0.15) is 0 Å². The predicted octanol–water partition coefficient (Wildman–Crippen LogP) is 2.26. The first-order chi connectivity index (χ1) is 8.74. The molecule has 0 aromatic rings. The van der Waals surface area contributed by atoms with Gasteiger partial charge in [-0.1, -0.05) is 0 Å². The molecular weight excluding hydrogens is 371 g/mol. The molecule has 90 valence electrons. The van der Waals surface area contributed by atoms with Crippen LogP contribution in [0.3, 0.4) is 0 Å². The Morgan fingerprint density at radius 1 is 0.778 bits per heavy atom. The van der Waals surface area contributed by atoms with Gasteiger partial charge in [-0.15, -0.1) is 0 Å². The second-order valence-corrected chi connectivity index (χ2v) is 5.60. The van der Waals surface area contributed by atoms with Crippen LogP contribution < -0.4 is 0 Å². The summed E-state index contributed by atoms with van der Waals surface area (Å²) < 4.78 is 4.09. The first kappa shape index (κ1) is 23.1. The fraction of sp³-hybridized carbons (Fsp3) is 0. The first-order valence-electron chi connectivity index (χ1n) is 4.47. The van der Waals surface area contributed by atoms with Gasteiger partial charge >= 0.3 is 94.5 Å². The summed E-state index contributed by atoms with van der Waals surface area (Å²) in [6.07, 6.45) is 10.5. The molecule has 6 heteroatoms. The molecule has 0 atom stereocenters. The van der Waals surface area contributed by atoms with Crippen molar-refractivity contribution in [2.75, 3.05) is 0 Å². The molecule has 0 saturated heterocycles. The summed E-state index contributed by atoms with van der Waals surface area (Å²) in [5.74, 6) is 0. The minimum absolute atomic E-state index is 0.696. The summed E-state index contributed by atoms with van der Waals surface area (Å²) >= 11 is 2.40. The SMILES string of the molecule is O=[C-]SS[C-]=O.[CH-]=C/C=C\[CH]=[Zn].[CH-]=C/C=C\[CH]=[Zn]. The molecule has 18 heavy (non-hydrogen) atoms. The van der Waals surface area contributed by atoms with Crippen LogP contribution in [0.25, 0.3) is 0 Å². The number of hydrogen-bond acceptors (Lipinski definition) is 4. The molecule has 0 saturated carbocycles. The summed E-state index contributed by atoms with van der Waals surface area (Å²) in [4.78, 5) is 18.4. The van der Waals surface area contributed by atoms with Gasteiger partial charge in [0.25, 0.3) is 0 Å². The Bertz CT molecular complexity index is 250. The number of hydrogen-bond donors (Lipinski definition) is 0. The maximum absolute atomic E-state index is 9.20. The van der Waals surface area contributed by atoms with Crippen LogP contribution in [0.2, 0.25) is 0 Å². The van der Waals surface area contributed by atoms with E-state index in [-0.39, 0.29) is 0 Å². The van der Waals surface area contributed by atoms with E-state index in [2.05, 4.69) is 0 Å². The van der Waals surface area contributed by atoms with Gasteiger partial charge < -0.3 is 9.59 Å². The molecule has 0 fully saturated rings. The van der Waals surface area contributed by atoms with Gasteiger partial charge in [-0.3, -0.25) is 21.6 Å². The Labute approximate surface area is 136 Å². The van der Waals surface area contributed by atoms with E-state index in [0.29, 0.717) is 21.6 Å². The molecule has 0 aromatic carbocycles. The fourth-order valence-electron chi connectivity index (χ4n) is 0.319. The van der Waals surface area contributed by atoms with Gasteiger partial charge in [0.15, 0.2) is 0 Å². The van der Waals surface area contributed by atoms with Crippen LogP contribution in [0, 0.1) is 13.2 Å². The van der Waals surface area contributed by atoms with Crippen molar-refractivity contribution in [1.82, 2.24) is 0 Å². The third-order valence-electron chi connectivity index (χ3n) is 0.826. The summed E-state index contributed by atoms with van der Waals surface area (Å²) in [6.45, 7) is 9.99. The average Bonchev–Trinajstić information content (AvgIpc) is 2.42. The molecule has 0 aromatic heterocycles. The third kappa shape index (κ3) is 44.5. The fourth-order valence-corrected chi connectivity index (χ4v) is 1.25. The number of carbonyl (C=O) groups excluding carboxylic acids is 2. The Balaban J connectivity index is -0.000000187. The van der Waals surface area contributed by atoms with Crippen molar-refractivity contribution in [3.8, 4) is 0 Å². The van der Waals surface area contributed by atoms with Crippen LogP contribution in [0.4, 0.5) is 0 Å². The molecule has 0 amide bonds. The molecule has 0 heterocycles. The average molecular weight is 381 g/mol. The molecule has 0 spiro atoms. The van der Waals surface area contributed by atoms with Crippen molar-refractivity contribution in [3.05, 3.63) is 49.6 Å². The molecule has 0 aliphatic rings. The van der Waals surface area contributed by atoms with Crippen LogP contribution in [0.5, 0.6) is 0 Å². The number of rotatable bonds is 7. The molecule has 0 aliphatic carbocycles. The second kappa shape index (κ2) is 30.2. The van der Waals surface area contributed by atoms with Gasteiger partial charge in [-0.05, 0) is 0 Å². The van der Waals surface area contributed by atoms with E-state index in [1.165, 1.54) is 59.1 Å².